The molecule has 0 aliphatic carbocycles. The molecule has 0 fully saturated rings. The first-order valence-corrected chi connectivity index (χ1v) is 10.0. The molecule has 2 amide bonds. The fourth-order valence-electron chi connectivity index (χ4n) is 2.22. The second kappa shape index (κ2) is 10.7. The molecule has 2 aromatic rings. The average molecular weight is 421 g/mol. The maximum absolute atomic E-state index is 11.9. The summed E-state index contributed by atoms with van der Waals surface area (Å²) in [6.45, 7) is 3.48. The molecule has 0 spiro atoms. The van der Waals surface area contributed by atoms with Crippen molar-refractivity contribution in [1.29, 1.82) is 0 Å². The predicted octanol–water partition coefficient (Wildman–Crippen LogP) is 3.81. The van der Waals surface area contributed by atoms with Gasteiger partial charge < -0.3 is 15.4 Å². The van der Waals surface area contributed by atoms with Gasteiger partial charge in [-0.1, -0.05) is 23.7 Å². The van der Waals surface area contributed by atoms with Crippen LogP contribution in [-0.2, 0) is 19.1 Å². The molecule has 0 aliphatic rings. The SMILES string of the molecule is Cc1cccc(NC(=O)COC(=O)CSCC(=O)Nc2ccc(Cl)cc2)c1C. The van der Waals surface area contributed by atoms with E-state index in [4.69, 9.17) is 16.3 Å². The summed E-state index contributed by atoms with van der Waals surface area (Å²) >= 11 is 6.89. The first-order chi connectivity index (χ1) is 13.3. The highest BCUT2D eigenvalue weighted by molar-refractivity contribution is 8.00. The van der Waals surface area contributed by atoms with Crippen LogP contribution in [0.3, 0.4) is 0 Å². The number of carbonyl (C=O) groups is 3. The van der Waals surface area contributed by atoms with Crippen molar-refractivity contribution in [3.8, 4) is 0 Å². The molecule has 148 valence electrons. The van der Waals surface area contributed by atoms with Crippen molar-refractivity contribution >= 4 is 52.5 Å². The molecule has 6 nitrogen and oxygen atoms in total. The van der Waals surface area contributed by atoms with Gasteiger partial charge in [-0.15, -0.1) is 11.8 Å². The average Bonchev–Trinajstić information content (AvgIpc) is 2.66. The fraction of sp³-hybridized carbons (Fsp3) is 0.250. The van der Waals surface area contributed by atoms with Gasteiger partial charge in [0, 0.05) is 16.4 Å². The molecular weight excluding hydrogens is 400 g/mol. The zero-order chi connectivity index (χ0) is 20.5. The number of thioether (sulfide) groups is 1. The Morgan fingerprint density at radius 1 is 0.964 bits per heavy atom. The molecule has 2 N–H and O–H groups in total. The number of aryl methyl sites for hydroxylation is 1. The van der Waals surface area contributed by atoms with Crippen molar-refractivity contribution in [3.63, 3.8) is 0 Å². The van der Waals surface area contributed by atoms with E-state index in [9.17, 15) is 14.4 Å². The molecule has 0 bridgehead atoms. The van der Waals surface area contributed by atoms with Gasteiger partial charge >= 0.3 is 5.97 Å². The van der Waals surface area contributed by atoms with Crippen molar-refractivity contribution < 1.29 is 19.1 Å². The van der Waals surface area contributed by atoms with E-state index in [1.807, 2.05) is 26.0 Å². The molecule has 0 saturated carbocycles. The van der Waals surface area contributed by atoms with E-state index in [2.05, 4.69) is 10.6 Å². The van der Waals surface area contributed by atoms with Gasteiger partial charge in [0.2, 0.25) is 5.91 Å². The van der Waals surface area contributed by atoms with Crippen molar-refractivity contribution in [1.82, 2.24) is 0 Å². The molecule has 0 unspecified atom stereocenters. The monoisotopic (exact) mass is 420 g/mol. The van der Waals surface area contributed by atoms with E-state index in [0.29, 0.717) is 16.4 Å². The van der Waals surface area contributed by atoms with Crippen LogP contribution in [0.15, 0.2) is 42.5 Å². The van der Waals surface area contributed by atoms with Crippen molar-refractivity contribution in [2.24, 2.45) is 0 Å². The zero-order valence-electron chi connectivity index (χ0n) is 15.6. The molecule has 0 aliphatic heterocycles. The Morgan fingerprint density at radius 2 is 1.68 bits per heavy atom. The largest absolute Gasteiger partial charge is 0.455 e. The summed E-state index contributed by atoms with van der Waals surface area (Å²) in [5.74, 6) is -1.14. The lowest BCUT2D eigenvalue weighted by atomic mass is 10.1. The van der Waals surface area contributed by atoms with Gasteiger partial charge in [-0.25, -0.2) is 0 Å². The number of esters is 1. The molecule has 0 atom stereocenters. The number of nitrogens with one attached hydrogen (secondary N) is 2. The van der Waals surface area contributed by atoms with E-state index < -0.39 is 11.9 Å². The van der Waals surface area contributed by atoms with E-state index >= 15 is 0 Å². The van der Waals surface area contributed by atoms with Gasteiger partial charge in [0.1, 0.15) is 0 Å². The van der Waals surface area contributed by atoms with Crippen LogP contribution in [-0.4, -0.2) is 35.9 Å². The normalized spacial score (nSPS) is 10.2. The van der Waals surface area contributed by atoms with Crippen LogP contribution in [0.25, 0.3) is 0 Å². The molecule has 8 heteroatoms. The summed E-state index contributed by atoms with van der Waals surface area (Å²) < 4.78 is 4.94. The van der Waals surface area contributed by atoms with Gasteiger partial charge in [0.25, 0.3) is 5.91 Å². The van der Waals surface area contributed by atoms with Gasteiger partial charge in [-0.2, -0.15) is 0 Å². The first kappa shape index (κ1) is 21.8. The third-order valence-corrected chi connectivity index (χ3v) is 4.98. The number of halogens is 1. The molecule has 0 saturated heterocycles. The maximum atomic E-state index is 11.9. The summed E-state index contributed by atoms with van der Waals surface area (Å²) in [6, 6.07) is 12.3. The molecule has 28 heavy (non-hydrogen) atoms. The highest BCUT2D eigenvalue weighted by atomic mass is 35.5. The minimum atomic E-state index is -0.555. The number of benzene rings is 2. The Balaban J connectivity index is 1.65. The summed E-state index contributed by atoms with van der Waals surface area (Å²) in [5.41, 5.74) is 3.34. The van der Waals surface area contributed by atoms with Crippen LogP contribution in [0, 0.1) is 13.8 Å². The minimum Gasteiger partial charge on any atom is -0.455 e. The highest BCUT2D eigenvalue weighted by Gasteiger charge is 2.11. The number of rotatable bonds is 8. The molecule has 2 rings (SSSR count). The van der Waals surface area contributed by atoms with Gasteiger partial charge in [-0.05, 0) is 55.3 Å². The third-order valence-electron chi connectivity index (χ3n) is 3.82. The van der Waals surface area contributed by atoms with E-state index in [1.165, 1.54) is 0 Å². The molecular formula is C20H21ClN2O4S. The Labute approximate surface area is 173 Å². The minimum absolute atomic E-state index is 0.0230. The Morgan fingerprint density at radius 3 is 2.39 bits per heavy atom. The van der Waals surface area contributed by atoms with Gasteiger partial charge in [-0.3, -0.25) is 14.4 Å². The molecule has 0 radical (unpaired) electrons. The van der Waals surface area contributed by atoms with Crippen LogP contribution in [0.4, 0.5) is 11.4 Å². The van der Waals surface area contributed by atoms with E-state index in [-0.39, 0.29) is 24.0 Å². The van der Waals surface area contributed by atoms with Crippen LogP contribution >= 0.6 is 23.4 Å². The molecule has 0 heterocycles. The van der Waals surface area contributed by atoms with E-state index in [0.717, 1.165) is 22.9 Å². The predicted molar refractivity (Wildman–Crippen MR) is 113 cm³/mol. The third kappa shape index (κ3) is 7.25. The molecule has 0 aromatic heterocycles. The number of anilines is 2. The van der Waals surface area contributed by atoms with Crippen molar-refractivity contribution in [2.75, 3.05) is 28.7 Å². The summed E-state index contributed by atoms with van der Waals surface area (Å²) in [7, 11) is 0. The standard InChI is InChI=1S/C20H21ClN2O4S/c1-13-4-3-5-17(14(13)2)23-18(24)10-27-20(26)12-28-11-19(25)22-16-8-6-15(21)7-9-16/h3-9H,10-12H2,1-2H3,(H,22,25)(H,23,24). The Bertz CT molecular complexity index is 856. The fourth-order valence-corrected chi connectivity index (χ4v) is 2.95. The smallest absolute Gasteiger partial charge is 0.316 e. The Kier molecular flexibility index (Phi) is 8.35. The number of ether oxygens (including phenoxy) is 1. The van der Waals surface area contributed by atoms with Crippen LogP contribution < -0.4 is 10.6 Å². The second-order valence-corrected chi connectivity index (χ2v) is 7.43. The quantitative estimate of drug-likeness (QED) is 0.634. The topological polar surface area (TPSA) is 84.5 Å². The summed E-state index contributed by atoms with van der Waals surface area (Å²) in [5, 5.41) is 5.99. The van der Waals surface area contributed by atoms with Crippen LogP contribution in [0.1, 0.15) is 11.1 Å². The molecule has 2 aromatic carbocycles. The van der Waals surface area contributed by atoms with Crippen LogP contribution in [0.5, 0.6) is 0 Å². The Hall–Kier alpha value is -2.51. The van der Waals surface area contributed by atoms with Crippen molar-refractivity contribution in [3.05, 3.63) is 58.6 Å². The zero-order valence-corrected chi connectivity index (χ0v) is 17.2. The lowest BCUT2D eigenvalue weighted by molar-refractivity contribution is -0.144. The summed E-state index contributed by atoms with van der Waals surface area (Å²) in [6.07, 6.45) is 0. The maximum Gasteiger partial charge on any atom is 0.316 e. The van der Waals surface area contributed by atoms with Crippen molar-refractivity contribution in [2.45, 2.75) is 13.8 Å². The highest BCUT2D eigenvalue weighted by Crippen LogP contribution is 2.18. The van der Waals surface area contributed by atoms with Gasteiger partial charge in [0.05, 0.1) is 11.5 Å². The lowest BCUT2D eigenvalue weighted by Gasteiger charge is -2.10. The van der Waals surface area contributed by atoms with E-state index in [1.54, 1.807) is 30.3 Å². The second-order valence-electron chi connectivity index (χ2n) is 6.00. The first-order valence-electron chi connectivity index (χ1n) is 8.50. The number of amides is 2. The lowest BCUT2D eigenvalue weighted by Crippen LogP contribution is -2.22. The number of hydrogen-bond acceptors (Lipinski definition) is 5. The van der Waals surface area contributed by atoms with Gasteiger partial charge in [0.15, 0.2) is 6.61 Å². The van der Waals surface area contributed by atoms with Crippen LogP contribution in [0.2, 0.25) is 5.02 Å². The number of hydrogen-bond donors (Lipinski definition) is 2. The summed E-state index contributed by atoms with van der Waals surface area (Å²) in [4.78, 5) is 35.5. The number of carbonyl (C=O) groups excluding carboxylic acids is 3.